The van der Waals surface area contributed by atoms with E-state index >= 15 is 0 Å². The molecule has 0 rings (SSSR count). The lowest BCUT2D eigenvalue weighted by Crippen LogP contribution is -2.36. The quantitative estimate of drug-likeness (QED) is 0.467. The second-order valence-electron chi connectivity index (χ2n) is 4.28. The number of carbonyl (C=O) groups is 1. The first-order valence-electron chi connectivity index (χ1n) is 7.20. The minimum Gasteiger partial charge on any atom is -0.464 e. The van der Waals surface area contributed by atoms with E-state index in [1.54, 1.807) is 20.8 Å². The van der Waals surface area contributed by atoms with Crippen LogP contribution in [0.2, 0.25) is 0 Å². The molecule has 7 heteroatoms. The fourth-order valence-electron chi connectivity index (χ4n) is 1.88. The summed E-state index contributed by atoms with van der Waals surface area (Å²) in [5.41, 5.74) is -0.888. The molecule has 2 atom stereocenters. The van der Waals surface area contributed by atoms with E-state index in [1.165, 1.54) is 0 Å². The molecule has 20 heavy (non-hydrogen) atoms. The molecule has 0 bridgehead atoms. The molecule has 0 saturated heterocycles. The van der Waals surface area contributed by atoms with Crippen molar-refractivity contribution in [2.75, 3.05) is 19.8 Å². The molecule has 0 aromatic heterocycles. The molecule has 6 nitrogen and oxygen atoms in total. The first kappa shape index (κ1) is 19.6. The van der Waals surface area contributed by atoms with Crippen molar-refractivity contribution in [3.63, 3.8) is 0 Å². The number of hydrogen-bond acceptors (Lipinski definition) is 6. The zero-order chi connectivity index (χ0) is 15.6. The van der Waals surface area contributed by atoms with E-state index in [1.807, 2.05) is 6.92 Å². The van der Waals surface area contributed by atoms with Crippen LogP contribution in [0.15, 0.2) is 0 Å². The molecule has 0 aliphatic rings. The van der Waals surface area contributed by atoms with Crippen molar-refractivity contribution in [1.82, 2.24) is 0 Å². The monoisotopic (exact) mass is 310 g/mol. The van der Waals surface area contributed by atoms with Gasteiger partial charge in [0.1, 0.15) is 0 Å². The molecular weight excluding hydrogens is 283 g/mol. The van der Waals surface area contributed by atoms with Gasteiger partial charge in [-0.1, -0.05) is 19.8 Å². The van der Waals surface area contributed by atoms with Crippen molar-refractivity contribution in [2.45, 2.75) is 58.7 Å². The number of hydrogen-bond donors (Lipinski definition) is 1. The van der Waals surface area contributed by atoms with Crippen LogP contribution in [0.3, 0.4) is 0 Å². The first-order chi connectivity index (χ1) is 9.46. The largest absolute Gasteiger partial charge is 0.464 e. The van der Waals surface area contributed by atoms with Gasteiger partial charge in [0.05, 0.1) is 25.5 Å². The number of rotatable bonds is 11. The maximum absolute atomic E-state index is 12.8. The van der Waals surface area contributed by atoms with Gasteiger partial charge in [0.2, 0.25) is 0 Å². The Morgan fingerprint density at radius 3 is 2.05 bits per heavy atom. The van der Waals surface area contributed by atoms with Crippen LogP contribution in [0.25, 0.3) is 0 Å². The summed E-state index contributed by atoms with van der Waals surface area (Å²) in [7, 11) is -3.54. The van der Waals surface area contributed by atoms with E-state index in [0.717, 1.165) is 6.42 Å². The summed E-state index contributed by atoms with van der Waals surface area (Å²) >= 11 is 0. The van der Waals surface area contributed by atoms with Crippen molar-refractivity contribution in [2.24, 2.45) is 0 Å². The topological polar surface area (TPSA) is 82.1 Å². The van der Waals surface area contributed by atoms with Gasteiger partial charge in [0, 0.05) is 0 Å². The molecule has 0 unspecified atom stereocenters. The average Bonchev–Trinajstić information content (AvgIpc) is 2.39. The highest BCUT2D eigenvalue weighted by atomic mass is 31.2. The maximum atomic E-state index is 12.8. The Morgan fingerprint density at radius 2 is 1.65 bits per heavy atom. The van der Waals surface area contributed by atoms with Gasteiger partial charge >= 0.3 is 13.6 Å². The summed E-state index contributed by atoms with van der Waals surface area (Å²) in [6.45, 7) is 7.55. The average molecular weight is 310 g/mol. The number of carbonyl (C=O) groups excluding carboxylic acids is 1. The fourth-order valence-corrected chi connectivity index (χ4v) is 4.02. The highest BCUT2D eigenvalue weighted by molar-refractivity contribution is 7.54. The summed E-state index contributed by atoms with van der Waals surface area (Å²) in [6.07, 6.45) is 0.453. The standard InChI is InChI=1S/C13H27O6P/c1-5-9-10-11(12(14)13(15)17-6-2)20(16,18-7-3)19-8-4/h11-12,14H,5-10H2,1-4H3/t11-,12-/m1/s1. The molecule has 120 valence electrons. The zero-order valence-corrected chi connectivity index (χ0v) is 13.7. The van der Waals surface area contributed by atoms with Crippen molar-refractivity contribution in [3.05, 3.63) is 0 Å². The minimum atomic E-state index is -3.54. The summed E-state index contributed by atoms with van der Waals surface area (Å²) in [5, 5.41) is 10.1. The van der Waals surface area contributed by atoms with Crippen LogP contribution >= 0.6 is 7.60 Å². The molecule has 0 aromatic rings. The number of unbranched alkanes of at least 4 members (excludes halogenated alkanes) is 1. The number of ether oxygens (including phenoxy) is 1. The van der Waals surface area contributed by atoms with Gasteiger partial charge in [0.25, 0.3) is 0 Å². The van der Waals surface area contributed by atoms with Crippen LogP contribution in [-0.4, -0.2) is 42.7 Å². The van der Waals surface area contributed by atoms with Crippen molar-refractivity contribution >= 4 is 13.6 Å². The minimum absolute atomic E-state index is 0.157. The number of aliphatic hydroxyl groups is 1. The van der Waals surface area contributed by atoms with Crippen molar-refractivity contribution in [1.29, 1.82) is 0 Å². The molecular formula is C13H27O6P. The summed E-state index contributed by atoms with van der Waals surface area (Å²) in [6, 6.07) is 0. The third-order valence-electron chi connectivity index (χ3n) is 2.77. The van der Waals surface area contributed by atoms with Gasteiger partial charge < -0.3 is 18.9 Å². The van der Waals surface area contributed by atoms with Gasteiger partial charge in [0.15, 0.2) is 6.10 Å². The normalized spacial score (nSPS) is 14.8. The third kappa shape index (κ3) is 5.92. The Bertz CT molecular complexity index is 310. The van der Waals surface area contributed by atoms with Gasteiger partial charge in [-0.2, -0.15) is 0 Å². The molecule has 0 amide bonds. The molecule has 0 aromatic carbocycles. The Labute approximate surface area is 121 Å². The summed E-state index contributed by atoms with van der Waals surface area (Å²) in [4.78, 5) is 11.7. The van der Waals surface area contributed by atoms with E-state index in [2.05, 4.69) is 0 Å². The third-order valence-corrected chi connectivity index (χ3v) is 5.36. The Hall–Kier alpha value is -0.420. The molecule has 0 heterocycles. The van der Waals surface area contributed by atoms with E-state index in [9.17, 15) is 14.5 Å². The lowest BCUT2D eigenvalue weighted by Gasteiger charge is -2.28. The van der Waals surface area contributed by atoms with Crippen LogP contribution < -0.4 is 0 Å². The fraction of sp³-hybridized carbons (Fsp3) is 0.923. The van der Waals surface area contributed by atoms with E-state index in [-0.39, 0.29) is 19.8 Å². The predicted molar refractivity (Wildman–Crippen MR) is 76.8 cm³/mol. The highest BCUT2D eigenvalue weighted by Gasteiger charge is 2.43. The number of esters is 1. The van der Waals surface area contributed by atoms with Crippen LogP contribution in [0, 0.1) is 0 Å². The molecule has 0 aliphatic heterocycles. The zero-order valence-electron chi connectivity index (χ0n) is 12.8. The second kappa shape index (κ2) is 10.3. The smallest absolute Gasteiger partial charge is 0.336 e. The van der Waals surface area contributed by atoms with Crippen LogP contribution in [0.4, 0.5) is 0 Å². The van der Waals surface area contributed by atoms with Gasteiger partial charge in [-0.25, -0.2) is 4.79 Å². The van der Waals surface area contributed by atoms with E-state index in [0.29, 0.717) is 12.8 Å². The maximum Gasteiger partial charge on any atom is 0.336 e. The summed E-state index contributed by atoms with van der Waals surface area (Å²) in [5.74, 6) is -0.784. The Kier molecular flexibility index (Phi) is 10.1. The second-order valence-corrected chi connectivity index (χ2v) is 6.54. The Balaban J connectivity index is 5.16. The van der Waals surface area contributed by atoms with Crippen LogP contribution in [0.5, 0.6) is 0 Å². The van der Waals surface area contributed by atoms with E-state index in [4.69, 9.17) is 13.8 Å². The van der Waals surface area contributed by atoms with E-state index < -0.39 is 25.3 Å². The lowest BCUT2D eigenvalue weighted by molar-refractivity contribution is -0.153. The molecule has 0 radical (unpaired) electrons. The van der Waals surface area contributed by atoms with Crippen LogP contribution in [-0.2, 0) is 23.1 Å². The van der Waals surface area contributed by atoms with Gasteiger partial charge in [-0.15, -0.1) is 0 Å². The highest BCUT2D eigenvalue weighted by Crippen LogP contribution is 2.55. The summed E-state index contributed by atoms with van der Waals surface area (Å²) < 4.78 is 28.0. The molecule has 0 saturated carbocycles. The Morgan fingerprint density at radius 1 is 1.10 bits per heavy atom. The molecule has 0 aliphatic carbocycles. The SMILES string of the molecule is CCCC[C@H]([C@@H](O)C(=O)OCC)P(=O)(OCC)OCC. The van der Waals surface area contributed by atoms with Crippen molar-refractivity contribution in [3.8, 4) is 0 Å². The van der Waals surface area contributed by atoms with Crippen molar-refractivity contribution < 1.29 is 28.3 Å². The molecule has 1 N–H and O–H groups in total. The number of aliphatic hydroxyl groups excluding tert-OH is 1. The lowest BCUT2D eigenvalue weighted by atomic mass is 10.1. The van der Waals surface area contributed by atoms with Crippen LogP contribution in [0.1, 0.15) is 47.0 Å². The van der Waals surface area contributed by atoms with Gasteiger partial charge in [-0.05, 0) is 27.2 Å². The predicted octanol–water partition coefficient (Wildman–Crippen LogP) is 2.74. The van der Waals surface area contributed by atoms with Gasteiger partial charge in [-0.3, -0.25) is 4.57 Å². The molecule has 0 fully saturated rings. The first-order valence-corrected chi connectivity index (χ1v) is 8.81. The molecule has 0 spiro atoms.